The average Bonchev–Trinajstić information content (AvgIpc) is 2.17. The molecule has 5 heteroatoms. The molecule has 0 aliphatic rings. The van der Waals surface area contributed by atoms with Crippen molar-refractivity contribution in [1.82, 2.24) is 0 Å². The first-order valence-corrected chi connectivity index (χ1v) is 4.26. The van der Waals surface area contributed by atoms with Crippen molar-refractivity contribution in [3.63, 3.8) is 0 Å². The Balaban J connectivity index is 0.00000128. The zero-order valence-electron chi connectivity index (χ0n) is 8.60. The molecule has 0 aliphatic carbocycles. The summed E-state index contributed by atoms with van der Waals surface area (Å²) in [6.07, 6.45) is 0. The minimum atomic E-state index is -1.47. The van der Waals surface area contributed by atoms with Crippen LogP contribution in [0.15, 0.2) is 30.3 Å². The summed E-state index contributed by atoms with van der Waals surface area (Å²) in [6, 6.07) is 7.11. The Kier molecular flexibility index (Phi) is 4.72. The Morgan fingerprint density at radius 1 is 1.00 bits per heavy atom. The van der Waals surface area contributed by atoms with E-state index < -0.39 is 5.97 Å². The van der Waals surface area contributed by atoms with Gasteiger partial charge in [-0.05, 0) is 23.6 Å². The van der Waals surface area contributed by atoms with Crippen LogP contribution < -0.4 is 74.0 Å². The van der Waals surface area contributed by atoms with Gasteiger partial charge in [0.05, 0.1) is 5.97 Å². The van der Waals surface area contributed by atoms with Gasteiger partial charge in [-0.15, -0.1) is 0 Å². The Morgan fingerprint density at radius 3 is 2.31 bits per heavy atom. The fraction of sp³-hybridized carbons (Fsp3) is 0. The molecular formula is C11H7CsO4. The first kappa shape index (κ1) is 13.9. The SMILES string of the molecule is O=C([O-])c1c(O)ccc2c(O)cccc12.[Cs+]. The number of carboxylic acids is 1. The van der Waals surface area contributed by atoms with Crippen molar-refractivity contribution in [3.8, 4) is 11.5 Å². The van der Waals surface area contributed by atoms with Crippen LogP contribution in [-0.4, -0.2) is 16.2 Å². The molecule has 0 saturated heterocycles. The number of fused-ring (bicyclic) bond motifs is 1. The summed E-state index contributed by atoms with van der Waals surface area (Å²) in [5, 5.41) is 30.3. The minimum absolute atomic E-state index is 0. The Morgan fingerprint density at radius 2 is 1.69 bits per heavy atom. The van der Waals surface area contributed by atoms with E-state index in [1.807, 2.05) is 0 Å². The summed E-state index contributed by atoms with van der Waals surface area (Å²) in [6.45, 7) is 0. The first-order chi connectivity index (χ1) is 7.11. The van der Waals surface area contributed by atoms with Crippen LogP contribution in [0.4, 0.5) is 0 Å². The largest absolute Gasteiger partial charge is 1.00 e. The third-order valence-corrected chi connectivity index (χ3v) is 2.22. The van der Waals surface area contributed by atoms with Gasteiger partial charge in [0.25, 0.3) is 0 Å². The van der Waals surface area contributed by atoms with Crippen molar-refractivity contribution < 1.29 is 89.0 Å². The molecule has 0 atom stereocenters. The van der Waals surface area contributed by atoms with Gasteiger partial charge < -0.3 is 20.1 Å². The summed E-state index contributed by atoms with van der Waals surface area (Å²) < 4.78 is 0. The van der Waals surface area contributed by atoms with Crippen molar-refractivity contribution >= 4 is 16.7 Å². The van der Waals surface area contributed by atoms with Crippen molar-refractivity contribution in [2.45, 2.75) is 0 Å². The van der Waals surface area contributed by atoms with E-state index in [-0.39, 0.29) is 91.3 Å². The molecule has 0 fully saturated rings. The molecular weight excluding hydrogens is 329 g/mol. The second kappa shape index (κ2) is 5.44. The molecule has 0 amide bonds. The van der Waals surface area contributed by atoms with Gasteiger partial charge in [-0.2, -0.15) is 0 Å². The Hall–Kier alpha value is -0.178. The predicted molar refractivity (Wildman–Crippen MR) is 51.6 cm³/mol. The standard InChI is InChI=1S/C11H8O4.Cs/c12-8-3-1-2-7-6(8)4-5-9(13)10(7)11(14)15;/h1-5,12-13H,(H,14,15);/q;+1/p-1. The van der Waals surface area contributed by atoms with Crippen LogP contribution in [0.25, 0.3) is 10.8 Å². The summed E-state index contributed by atoms with van der Waals surface area (Å²) in [4.78, 5) is 10.8. The minimum Gasteiger partial charge on any atom is -0.545 e. The third-order valence-electron chi connectivity index (χ3n) is 2.22. The van der Waals surface area contributed by atoms with Crippen LogP contribution in [0.3, 0.4) is 0 Å². The van der Waals surface area contributed by atoms with Crippen LogP contribution in [0.1, 0.15) is 10.4 Å². The third kappa shape index (κ3) is 2.39. The number of phenols is 2. The first-order valence-electron chi connectivity index (χ1n) is 4.26. The topological polar surface area (TPSA) is 80.6 Å². The van der Waals surface area contributed by atoms with Gasteiger partial charge in [-0.1, -0.05) is 12.1 Å². The monoisotopic (exact) mass is 336 g/mol. The number of benzene rings is 2. The van der Waals surface area contributed by atoms with Crippen LogP contribution >= 0.6 is 0 Å². The molecule has 0 aromatic heterocycles. The maximum atomic E-state index is 10.8. The number of aromatic carboxylic acids is 1. The molecule has 0 spiro atoms. The zero-order valence-corrected chi connectivity index (χ0v) is 14.9. The second-order valence-electron chi connectivity index (χ2n) is 3.12. The van der Waals surface area contributed by atoms with E-state index in [9.17, 15) is 20.1 Å². The molecule has 2 N–H and O–H groups in total. The number of carboxylic acid groups (broad SMARTS) is 1. The molecule has 0 aliphatic heterocycles. The number of phenolic OH excluding ortho intramolecular Hbond substituents is 1. The second-order valence-corrected chi connectivity index (χ2v) is 3.12. The van der Waals surface area contributed by atoms with Gasteiger partial charge in [0.2, 0.25) is 0 Å². The fourth-order valence-corrected chi connectivity index (χ4v) is 1.54. The molecule has 2 aromatic rings. The van der Waals surface area contributed by atoms with E-state index >= 15 is 0 Å². The quantitative estimate of drug-likeness (QED) is 0.610. The maximum Gasteiger partial charge on any atom is 1.00 e. The van der Waals surface area contributed by atoms with Gasteiger partial charge in [-0.3, -0.25) is 0 Å². The molecule has 16 heavy (non-hydrogen) atoms. The van der Waals surface area contributed by atoms with Crippen molar-refractivity contribution in [2.24, 2.45) is 0 Å². The fourth-order valence-electron chi connectivity index (χ4n) is 1.54. The van der Waals surface area contributed by atoms with Crippen molar-refractivity contribution in [3.05, 3.63) is 35.9 Å². The van der Waals surface area contributed by atoms with Gasteiger partial charge in [0.15, 0.2) is 0 Å². The smallest absolute Gasteiger partial charge is 0.545 e. The van der Waals surface area contributed by atoms with E-state index in [0.29, 0.717) is 5.39 Å². The number of hydrogen-bond donors (Lipinski definition) is 2. The summed E-state index contributed by atoms with van der Waals surface area (Å²) in [5.41, 5.74) is -0.302. The van der Waals surface area contributed by atoms with E-state index in [1.54, 1.807) is 0 Å². The zero-order chi connectivity index (χ0) is 11.0. The predicted octanol–water partition coefficient (Wildman–Crippen LogP) is -2.38. The molecule has 76 valence electrons. The maximum absolute atomic E-state index is 10.8. The van der Waals surface area contributed by atoms with E-state index in [2.05, 4.69) is 0 Å². The van der Waals surface area contributed by atoms with E-state index in [1.165, 1.54) is 30.3 Å². The summed E-state index contributed by atoms with van der Waals surface area (Å²) >= 11 is 0. The number of rotatable bonds is 1. The van der Waals surface area contributed by atoms with Gasteiger partial charge in [0.1, 0.15) is 11.5 Å². The van der Waals surface area contributed by atoms with E-state index in [0.717, 1.165) is 0 Å². The molecule has 0 radical (unpaired) electrons. The van der Waals surface area contributed by atoms with Crippen molar-refractivity contribution in [2.75, 3.05) is 0 Å². The molecule has 4 nitrogen and oxygen atoms in total. The molecule has 2 rings (SSSR count). The van der Waals surface area contributed by atoms with Crippen LogP contribution in [0.5, 0.6) is 11.5 Å². The molecule has 2 aromatic carbocycles. The average molecular weight is 336 g/mol. The Bertz CT molecular complexity index is 551. The number of carbonyl (C=O) groups excluding carboxylic acids is 1. The van der Waals surface area contributed by atoms with Crippen LogP contribution in [0.2, 0.25) is 0 Å². The van der Waals surface area contributed by atoms with Crippen LogP contribution in [0, 0.1) is 0 Å². The number of carbonyl (C=O) groups is 1. The number of aromatic hydroxyl groups is 2. The molecule has 0 unspecified atom stereocenters. The van der Waals surface area contributed by atoms with Gasteiger partial charge in [-0.25, -0.2) is 0 Å². The van der Waals surface area contributed by atoms with E-state index in [4.69, 9.17) is 0 Å². The number of hydrogen-bond acceptors (Lipinski definition) is 4. The molecule has 0 heterocycles. The summed E-state index contributed by atoms with van der Waals surface area (Å²) in [7, 11) is 0. The molecule has 0 bridgehead atoms. The normalized spacial score (nSPS) is 9.75. The van der Waals surface area contributed by atoms with Crippen molar-refractivity contribution in [1.29, 1.82) is 0 Å². The van der Waals surface area contributed by atoms with Crippen LogP contribution in [-0.2, 0) is 0 Å². The van der Waals surface area contributed by atoms with Gasteiger partial charge in [0, 0.05) is 10.9 Å². The Labute approximate surface area is 150 Å². The summed E-state index contributed by atoms with van der Waals surface area (Å²) in [5.74, 6) is -1.87. The van der Waals surface area contributed by atoms with Gasteiger partial charge >= 0.3 is 68.9 Å². The molecule has 0 saturated carbocycles.